The van der Waals surface area contributed by atoms with E-state index in [1.54, 1.807) is 0 Å². The van der Waals surface area contributed by atoms with Gasteiger partial charge in [-0.2, -0.15) is 33.7 Å². The van der Waals surface area contributed by atoms with E-state index >= 15 is 0 Å². The Hall–Kier alpha value is -0.280. The van der Waals surface area contributed by atoms with Crippen molar-refractivity contribution in [2.75, 3.05) is 25.0 Å². The number of quaternary nitrogens is 1. The molecular weight excluding hydrogens is 334 g/mol. The van der Waals surface area contributed by atoms with Gasteiger partial charge in [-0.1, -0.05) is 0 Å². The van der Waals surface area contributed by atoms with Crippen molar-refractivity contribution in [3.8, 4) is 0 Å². The summed E-state index contributed by atoms with van der Waals surface area (Å²) < 4.78 is 88.4. The summed E-state index contributed by atoms with van der Waals surface area (Å²) in [5.41, 5.74) is 0. The lowest BCUT2D eigenvalue weighted by Gasteiger charge is -2.26. The highest BCUT2D eigenvalue weighted by atomic mass is 32.4. The van der Waals surface area contributed by atoms with Crippen LogP contribution in [0.2, 0.25) is 0 Å². The molecule has 0 rings (SSSR count). The zero-order valence-electron chi connectivity index (χ0n) is 9.79. The fraction of sp³-hybridized carbons (Fsp3) is 1.00. The third-order valence-electron chi connectivity index (χ3n) is 1.62. The Morgan fingerprint density at radius 3 is 0.611 bits per heavy atom. The molecule has 0 heterocycles. The van der Waals surface area contributed by atoms with Crippen LogP contribution in [0.1, 0.15) is 0 Å². The van der Waals surface area contributed by atoms with Crippen LogP contribution in [0.15, 0.2) is 0 Å². The molecular formula is C4H13NO9S4. The number of hydrogen-bond acceptors (Lipinski definition) is 9. The molecule has 18 heavy (non-hydrogen) atoms. The van der Waals surface area contributed by atoms with Crippen LogP contribution in [-0.2, 0) is 40.1 Å². The normalized spacial score (nSPS) is 14.9. The number of rotatable bonds is 4. The highest BCUT2D eigenvalue weighted by Crippen LogP contribution is 2.30. The molecule has 0 fully saturated rings. The molecule has 0 aromatic heterocycles. The van der Waals surface area contributed by atoms with Crippen LogP contribution in [0.3, 0.4) is 0 Å². The van der Waals surface area contributed by atoms with Crippen LogP contribution in [0.5, 0.6) is 0 Å². The molecule has 10 nitrogen and oxygen atoms in total. The predicted octanol–water partition coefficient (Wildman–Crippen LogP) is -2.54. The summed E-state index contributed by atoms with van der Waals surface area (Å²) >= 11 is 0. The topological polar surface area (TPSA) is 167 Å². The molecule has 112 valence electrons. The second-order valence-corrected chi connectivity index (χ2v) is 12.8. The summed E-state index contributed by atoms with van der Waals surface area (Å²) in [6.45, 7) is 0. The molecule has 0 saturated carbocycles. The van der Waals surface area contributed by atoms with E-state index in [0.29, 0.717) is 0 Å². The monoisotopic (exact) mass is 347 g/mol. The summed E-state index contributed by atoms with van der Waals surface area (Å²) in [6.07, 6.45) is 0.874. The summed E-state index contributed by atoms with van der Waals surface area (Å²) in [4.78, 5) is 0. The van der Waals surface area contributed by atoms with Gasteiger partial charge >= 0.3 is 40.1 Å². The quantitative estimate of drug-likeness (QED) is 0.498. The summed E-state index contributed by atoms with van der Waals surface area (Å²) in [6, 6.07) is 0. The van der Waals surface area contributed by atoms with Gasteiger partial charge in [0.15, 0.2) is 0 Å². The minimum Gasteiger partial charge on any atom is -0.870 e. The van der Waals surface area contributed by atoms with Gasteiger partial charge in [0.1, 0.15) is 0 Å². The van der Waals surface area contributed by atoms with Gasteiger partial charge in [-0.3, -0.25) is 0 Å². The Labute approximate surface area is 106 Å². The molecule has 0 aliphatic rings. The Kier molecular flexibility index (Phi) is 5.21. The molecule has 0 bridgehead atoms. The molecule has 0 amide bonds. The van der Waals surface area contributed by atoms with Crippen molar-refractivity contribution in [3.05, 3.63) is 0 Å². The van der Waals surface area contributed by atoms with Crippen LogP contribution in [0, 0.1) is 0 Å². The SMILES string of the molecule is CS(=O)(=O)[N+](S(C)(=O)=O)(S(C)(=O)=O)S(C)(=O)=O.[OH-]. The maximum absolute atomic E-state index is 11.4. The van der Waals surface area contributed by atoms with Crippen molar-refractivity contribution in [3.63, 3.8) is 0 Å². The van der Waals surface area contributed by atoms with Crippen molar-refractivity contribution in [2.24, 2.45) is 0 Å². The van der Waals surface area contributed by atoms with Gasteiger partial charge in [0.05, 0.1) is 27.1 Å². The number of sulfonamides is 4. The van der Waals surface area contributed by atoms with Crippen molar-refractivity contribution < 1.29 is 41.3 Å². The molecule has 0 spiro atoms. The number of hydrogen-bond donors (Lipinski definition) is 0. The lowest BCUT2D eigenvalue weighted by Crippen LogP contribution is -2.61. The van der Waals surface area contributed by atoms with E-state index in [4.69, 9.17) is 0 Å². The van der Waals surface area contributed by atoms with E-state index in [2.05, 4.69) is 0 Å². The largest absolute Gasteiger partial charge is 0.870 e. The minimum atomic E-state index is -5.03. The van der Waals surface area contributed by atoms with E-state index in [1.807, 2.05) is 0 Å². The first-order valence-electron chi connectivity index (χ1n) is 3.70. The molecule has 14 heteroatoms. The van der Waals surface area contributed by atoms with Gasteiger partial charge in [-0.15, -0.1) is 0 Å². The highest BCUT2D eigenvalue weighted by molar-refractivity contribution is 8.19. The van der Waals surface area contributed by atoms with E-state index in [1.165, 1.54) is 0 Å². The second-order valence-electron chi connectivity index (χ2n) is 3.38. The van der Waals surface area contributed by atoms with Gasteiger partial charge < -0.3 is 5.48 Å². The fourth-order valence-corrected chi connectivity index (χ4v) is 13.3. The molecule has 0 saturated heterocycles. The lowest BCUT2D eigenvalue weighted by atomic mass is 12.0. The molecule has 0 aliphatic heterocycles. The van der Waals surface area contributed by atoms with Crippen molar-refractivity contribution in [2.45, 2.75) is 0 Å². The zero-order chi connectivity index (χ0) is 14.5. The highest BCUT2D eigenvalue weighted by Gasteiger charge is 2.66. The van der Waals surface area contributed by atoms with Crippen LogP contribution in [0.4, 0.5) is 0 Å². The fourth-order valence-electron chi connectivity index (χ4n) is 1.48. The average Bonchev–Trinajstić information content (AvgIpc) is 1.67. The van der Waals surface area contributed by atoms with Crippen LogP contribution < -0.4 is 0 Å². The smallest absolute Gasteiger partial charge is 0.338 e. The Bertz CT molecular complexity index is 589. The lowest BCUT2D eigenvalue weighted by molar-refractivity contribution is -0.352. The molecule has 1 N–H and O–H groups in total. The van der Waals surface area contributed by atoms with Gasteiger partial charge in [0.2, 0.25) is 0 Å². The Morgan fingerprint density at radius 1 is 0.500 bits per heavy atom. The summed E-state index contributed by atoms with van der Waals surface area (Å²) in [5.74, 6) is 0. The summed E-state index contributed by atoms with van der Waals surface area (Å²) in [7, 11) is -20.1. The summed E-state index contributed by atoms with van der Waals surface area (Å²) in [5, 5.41) is 0. The first-order chi connectivity index (χ1) is 7.00. The van der Waals surface area contributed by atoms with Crippen LogP contribution in [0.25, 0.3) is 0 Å². The minimum absolute atomic E-state index is 0. The zero-order valence-corrected chi connectivity index (χ0v) is 13.1. The maximum atomic E-state index is 11.4. The first-order valence-corrected chi connectivity index (χ1v) is 11.1. The molecule has 0 unspecified atom stereocenters. The van der Waals surface area contributed by atoms with Gasteiger partial charge in [-0.05, 0) is 0 Å². The van der Waals surface area contributed by atoms with Crippen LogP contribution >= 0.6 is 0 Å². The molecule has 0 aliphatic carbocycles. The predicted molar refractivity (Wildman–Crippen MR) is 61.6 cm³/mol. The maximum Gasteiger partial charge on any atom is 0.338 e. The Balaban J connectivity index is 0. The van der Waals surface area contributed by atoms with E-state index in [-0.39, 0.29) is 30.5 Å². The van der Waals surface area contributed by atoms with Gasteiger partial charge in [0.25, 0.3) is 0 Å². The van der Waals surface area contributed by atoms with E-state index in [0.717, 1.165) is 0 Å². The first kappa shape index (κ1) is 20.0. The number of nitrogens with zero attached hydrogens (tertiary/aromatic N) is 1. The van der Waals surface area contributed by atoms with Crippen LogP contribution in [-0.4, -0.2) is 66.3 Å². The van der Waals surface area contributed by atoms with Gasteiger partial charge in [0, 0.05) is 0 Å². The molecule has 0 atom stereocenters. The molecule has 0 aromatic rings. The van der Waals surface area contributed by atoms with E-state index < -0.39 is 42.2 Å². The van der Waals surface area contributed by atoms with Gasteiger partial charge in [-0.25, -0.2) is 0 Å². The van der Waals surface area contributed by atoms with Crippen molar-refractivity contribution in [1.82, 2.24) is 0 Å². The third kappa shape index (κ3) is 2.67. The second kappa shape index (κ2) is 4.68. The standard InChI is InChI=1S/C4H12NO8S4.H2O/c1-14(6,7)5(15(2,8)9,16(3,10)11)17(4,12)13;/h1-4H3;1H2/q+1;/p-1. The van der Waals surface area contributed by atoms with E-state index in [9.17, 15) is 33.7 Å². The Morgan fingerprint density at radius 2 is 0.611 bits per heavy atom. The molecule has 0 aromatic carbocycles. The van der Waals surface area contributed by atoms with Crippen molar-refractivity contribution >= 4 is 40.1 Å². The molecule has 0 radical (unpaired) electrons. The third-order valence-corrected chi connectivity index (χ3v) is 14.6. The van der Waals surface area contributed by atoms with Crippen molar-refractivity contribution in [1.29, 1.82) is 0 Å². The average molecular weight is 347 g/mol.